The van der Waals surface area contributed by atoms with Gasteiger partial charge >= 0.3 is 0 Å². The number of anilines is 2. The topological polar surface area (TPSA) is 86.8 Å². The first kappa shape index (κ1) is 23.9. The van der Waals surface area contributed by atoms with Crippen molar-refractivity contribution in [1.29, 1.82) is 0 Å². The van der Waals surface area contributed by atoms with E-state index in [1.165, 1.54) is 22.5 Å². The predicted molar refractivity (Wildman–Crippen MR) is 131 cm³/mol. The fourth-order valence-corrected chi connectivity index (χ4v) is 6.79. The third kappa shape index (κ3) is 4.59. The second kappa shape index (κ2) is 9.35. The zero-order valence-corrected chi connectivity index (χ0v) is 20.6. The molecule has 2 fully saturated rings. The number of piperidine rings is 1. The minimum absolute atomic E-state index is 0.0170. The lowest BCUT2D eigenvalue weighted by molar-refractivity contribution is -0.125. The van der Waals surface area contributed by atoms with Crippen LogP contribution in [0.1, 0.15) is 44.6 Å². The summed E-state index contributed by atoms with van der Waals surface area (Å²) in [7, 11) is -3.71. The Hall–Kier alpha value is -2.78. The monoisotopic (exact) mass is 499 g/mol. The van der Waals surface area contributed by atoms with Gasteiger partial charge in [0.2, 0.25) is 21.8 Å². The van der Waals surface area contributed by atoms with Crippen molar-refractivity contribution in [2.75, 3.05) is 23.3 Å². The maximum atomic E-state index is 13.4. The highest BCUT2D eigenvalue weighted by Crippen LogP contribution is 2.38. The molecule has 2 aromatic carbocycles. The van der Waals surface area contributed by atoms with E-state index in [2.05, 4.69) is 5.32 Å². The van der Waals surface area contributed by atoms with Crippen molar-refractivity contribution in [3.63, 3.8) is 0 Å². The summed E-state index contributed by atoms with van der Waals surface area (Å²) in [6.45, 7) is 2.48. The normalized spacial score (nSPS) is 21.4. The van der Waals surface area contributed by atoms with Gasteiger partial charge in [0.25, 0.3) is 0 Å². The van der Waals surface area contributed by atoms with Gasteiger partial charge in [-0.2, -0.15) is 4.31 Å². The van der Waals surface area contributed by atoms with E-state index in [9.17, 15) is 22.4 Å². The number of benzene rings is 2. The van der Waals surface area contributed by atoms with E-state index in [-0.39, 0.29) is 47.7 Å². The van der Waals surface area contributed by atoms with Gasteiger partial charge in [-0.15, -0.1) is 0 Å². The number of fused-ring (bicyclic) bond motifs is 1. The largest absolute Gasteiger partial charge is 0.326 e. The average Bonchev–Trinajstić information content (AvgIpc) is 3.13. The Labute approximate surface area is 205 Å². The molecule has 1 atom stereocenters. The molecule has 2 amide bonds. The van der Waals surface area contributed by atoms with Crippen LogP contribution in [0.4, 0.5) is 15.8 Å². The third-order valence-electron chi connectivity index (χ3n) is 7.51. The number of carbonyl (C=O) groups excluding carboxylic acids is 2. The smallest absolute Gasteiger partial charge is 0.243 e. The van der Waals surface area contributed by atoms with Gasteiger partial charge in [-0.05, 0) is 81.0 Å². The van der Waals surface area contributed by atoms with Gasteiger partial charge in [0.05, 0.1) is 4.90 Å². The number of halogens is 1. The van der Waals surface area contributed by atoms with Crippen LogP contribution >= 0.6 is 0 Å². The Morgan fingerprint density at radius 3 is 2.40 bits per heavy atom. The third-order valence-corrected chi connectivity index (χ3v) is 9.41. The molecule has 1 saturated carbocycles. The van der Waals surface area contributed by atoms with Crippen LogP contribution in [0, 0.1) is 17.7 Å². The van der Waals surface area contributed by atoms with E-state index in [0.717, 1.165) is 30.5 Å². The number of nitrogens with one attached hydrogen (secondary N) is 1. The molecule has 2 aliphatic heterocycles. The molecule has 0 aromatic heterocycles. The highest BCUT2D eigenvalue weighted by Gasteiger charge is 2.38. The molecule has 5 rings (SSSR count). The fourth-order valence-electron chi connectivity index (χ4n) is 5.27. The minimum atomic E-state index is -3.71. The standard InChI is InChI=1S/C26H30FN3O4S/c1-17-14-20-15-23(8-9-24(20)30(17)26(32)19-4-2-5-19)35(33,34)29-12-10-18(11-13-29)25(31)28-22-7-3-6-21(27)16-22/h3,6-9,15-19H,2,4-5,10-14H2,1H3,(H,28,31). The molecule has 2 heterocycles. The van der Waals surface area contributed by atoms with Crippen LogP contribution in [0.5, 0.6) is 0 Å². The predicted octanol–water partition coefficient (Wildman–Crippen LogP) is 3.94. The summed E-state index contributed by atoms with van der Waals surface area (Å²) in [6.07, 6.45) is 4.38. The number of sulfonamides is 1. The van der Waals surface area contributed by atoms with Gasteiger partial charge in [-0.25, -0.2) is 12.8 Å². The van der Waals surface area contributed by atoms with Gasteiger partial charge in [-0.1, -0.05) is 12.5 Å². The number of carbonyl (C=O) groups is 2. The van der Waals surface area contributed by atoms with Crippen LogP contribution in [0.2, 0.25) is 0 Å². The highest BCUT2D eigenvalue weighted by atomic mass is 32.2. The Balaban J connectivity index is 1.25. The Kier molecular flexibility index (Phi) is 6.40. The second-order valence-corrected chi connectivity index (χ2v) is 11.8. The quantitative estimate of drug-likeness (QED) is 0.675. The van der Waals surface area contributed by atoms with Crippen molar-refractivity contribution in [3.8, 4) is 0 Å². The molecule has 1 N–H and O–H groups in total. The van der Waals surface area contributed by atoms with Crippen molar-refractivity contribution in [2.45, 2.75) is 56.4 Å². The van der Waals surface area contributed by atoms with Crippen LogP contribution in [0.3, 0.4) is 0 Å². The Bertz CT molecular complexity index is 1250. The number of hydrogen-bond acceptors (Lipinski definition) is 4. The fraction of sp³-hybridized carbons (Fsp3) is 0.462. The van der Waals surface area contributed by atoms with Crippen molar-refractivity contribution >= 4 is 33.2 Å². The molecular formula is C26H30FN3O4S. The van der Waals surface area contributed by atoms with Gasteiger partial charge in [0.15, 0.2) is 0 Å². The van der Waals surface area contributed by atoms with E-state index in [4.69, 9.17) is 0 Å². The van der Waals surface area contributed by atoms with Crippen LogP contribution in [-0.2, 0) is 26.0 Å². The number of amides is 2. The maximum absolute atomic E-state index is 13.4. The van der Waals surface area contributed by atoms with E-state index < -0.39 is 15.8 Å². The molecule has 1 aliphatic carbocycles. The van der Waals surface area contributed by atoms with Crippen molar-refractivity contribution < 1.29 is 22.4 Å². The van der Waals surface area contributed by atoms with E-state index in [1.807, 2.05) is 11.8 Å². The molecule has 35 heavy (non-hydrogen) atoms. The number of nitrogens with zero attached hydrogens (tertiary/aromatic N) is 2. The van der Waals surface area contributed by atoms with Gasteiger partial charge in [-0.3, -0.25) is 9.59 Å². The zero-order valence-electron chi connectivity index (χ0n) is 19.7. The zero-order chi connectivity index (χ0) is 24.7. The molecule has 1 unspecified atom stereocenters. The molecule has 9 heteroatoms. The molecule has 2 aromatic rings. The first-order valence-corrected chi connectivity index (χ1v) is 13.7. The summed E-state index contributed by atoms with van der Waals surface area (Å²) in [5.41, 5.74) is 2.10. The average molecular weight is 500 g/mol. The molecule has 0 bridgehead atoms. The summed E-state index contributed by atoms with van der Waals surface area (Å²) in [6, 6.07) is 10.8. The molecule has 0 radical (unpaired) electrons. The Morgan fingerprint density at radius 1 is 1.00 bits per heavy atom. The lowest BCUT2D eigenvalue weighted by Gasteiger charge is -2.32. The first-order chi connectivity index (χ1) is 16.7. The molecular weight excluding hydrogens is 469 g/mol. The number of rotatable bonds is 5. The van der Waals surface area contributed by atoms with Crippen LogP contribution < -0.4 is 10.2 Å². The second-order valence-electron chi connectivity index (χ2n) is 9.86. The minimum Gasteiger partial charge on any atom is -0.326 e. The van der Waals surface area contributed by atoms with Crippen molar-refractivity contribution in [1.82, 2.24) is 4.31 Å². The van der Waals surface area contributed by atoms with Crippen LogP contribution in [-0.4, -0.2) is 43.7 Å². The summed E-state index contributed by atoms with van der Waals surface area (Å²) < 4.78 is 41.5. The molecule has 186 valence electrons. The van der Waals surface area contributed by atoms with Gasteiger partial charge in [0.1, 0.15) is 5.82 Å². The van der Waals surface area contributed by atoms with Gasteiger partial charge < -0.3 is 10.2 Å². The van der Waals surface area contributed by atoms with E-state index in [0.29, 0.717) is 24.9 Å². The maximum Gasteiger partial charge on any atom is 0.243 e. The van der Waals surface area contributed by atoms with Gasteiger partial charge in [0, 0.05) is 42.3 Å². The lowest BCUT2D eigenvalue weighted by atomic mass is 9.84. The molecule has 7 nitrogen and oxygen atoms in total. The van der Waals surface area contributed by atoms with Crippen molar-refractivity contribution in [3.05, 3.63) is 53.8 Å². The summed E-state index contributed by atoms with van der Waals surface area (Å²) in [5, 5.41) is 2.72. The Morgan fingerprint density at radius 2 is 1.74 bits per heavy atom. The summed E-state index contributed by atoms with van der Waals surface area (Å²) in [4.78, 5) is 27.6. The van der Waals surface area contributed by atoms with E-state index >= 15 is 0 Å². The van der Waals surface area contributed by atoms with Crippen LogP contribution in [0.15, 0.2) is 47.4 Å². The number of hydrogen-bond donors (Lipinski definition) is 1. The van der Waals surface area contributed by atoms with E-state index in [1.54, 1.807) is 24.3 Å². The highest BCUT2D eigenvalue weighted by molar-refractivity contribution is 7.89. The van der Waals surface area contributed by atoms with Crippen molar-refractivity contribution in [2.24, 2.45) is 11.8 Å². The SMILES string of the molecule is CC1Cc2cc(S(=O)(=O)N3CCC(C(=O)Nc4cccc(F)c4)CC3)ccc2N1C(=O)C1CCC1. The molecule has 1 saturated heterocycles. The molecule has 0 spiro atoms. The summed E-state index contributed by atoms with van der Waals surface area (Å²) >= 11 is 0. The molecule has 3 aliphatic rings. The summed E-state index contributed by atoms with van der Waals surface area (Å²) in [5.74, 6) is -0.752. The van der Waals surface area contributed by atoms with Crippen LogP contribution in [0.25, 0.3) is 0 Å². The first-order valence-electron chi connectivity index (χ1n) is 12.3. The lowest BCUT2D eigenvalue weighted by Crippen LogP contribution is -2.42.